The van der Waals surface area contributed by atoms with E-state index >= 15 is 0 Å². The highest BCUT2D eigenvalue weighted by molar-refractivity contribution is 7.99. The Morgan fingerprint density at radius 3 is 2.72 bits per heavy atom. The zero-order valence-corrected chi connectivity index (χ0v) is 19.1. The Bertz CT molecular complexity index is 920. The van der Waals surface area contributed by atoms with Crippen molar-refractivity contribution in [1.82, 2.24) is 15.3 Å². The lowest BCUT2D eigenvalue weighted by molar-refractivity contribution is 0.410. The van der Waals surface area contributed by atoms with Gasteiger partial charge >= 0.3 is 0 Å². The second kappa shape index (κ2) is 10.1. The van der Waals surface area contributed by atoms with Crippen LogP contribution in [0.1, 0.15) is 31.2 Å². The number of fused-ring (bicyclic) bond motifs is 1. The van der Waals surface area contributed by atoms with Gasteiger partial charge in [-0.1, -0.05) is 23.7 Å². The molecule has 3 aromatic rings. The van der Waals surface area contributed by atoms with E-state index in [-0.39, 0.29) is 0 Å². The number of thioether (sulfide) groups is 1. The highest BCUT2D eigenvalue weighted by atomic mass is 35.5. The fourth-order valence-electron chi connectivity index (χ4n) is 3.89. The summed E-state index contributed by atoms with van der Waals surface area (Å²) >= 11 is 9.47. The first-order valence-corrected chi connectivity index (χ1v) is 12.7. The van der Waals surface area contributed by atoms with E-state index in [1.165, 1.54) is 40.8 Å². The maximum atomic E-state index is 5.95. The summed E-state index contributed by atoms with van der Waals surface area (Å²) in [6.07, 6.45) is 9.71. The molecule has 1 N–H and O–H groups in total. The lowest BCUT2D eigenvalue weighted by Gasteiger charge is -2.33. The van der Waals surface area contributed by atoms with Crippen LogP contribution in [0.4, 0.5) is 5.82 Å². The van der Waals surface area contributed by atoms with E-state index in [1.807, 2.05) is 12.1 Å². The number of nitrogens with zero attached hydrogens (tertiary/aromatic N) is 3. The molecule has 154 valence electrons. The molecule has 7 heteroatoms. The molecule has 0 unspecified atom stereocenters. The van der Waals surface area contributed by atoms with Crippen LogP contribution in [0.2, 0.25) is 5.02 Å². The van der Waals surface area contributed by atoms with Crippen molar-refractivity contribution >= 4 is 50.7 Å². The molecule has 1 saturated heterocycles. The Morgan fingerprint density at radius 2 is 1.97 bits per heavy atom. The van der Waals surface area contributed by atoms with Crippen molar-refractivity contribution in [3.8, 4) is 0 Å². The van der Waals surface area contributed by atoms with Crippen molar-refractivity contribution in [3.05, 3.63) is 46.6 Å². The molecule has 1 aromatic carbocycles. The molecule has 0 spiro atoms. The van der Waals surface area contributed by atoms with Gasteiger partial charge in [0.15, 0.2) is 0 Å². The fraction of sp³-hybridized carbons (Fsp3) is 0.455. The zero-order valence-electron chi connectivity index (χ0n) is 16.7. The number of halogens is 1. The first-order chi connectivity index (χ1) is 14.2. The molecule has 29 heavy (non-hydrogen) atoms. The molecule has 0 radical (unpaired) electrons. The summed E-state index contributed by atoms with van der Waals surface area (Å²) in [7, 11) is 0. The molecular weight excluding hydrogens is 420 g/mol. The van der Waals surface area contributed by atoms with Gasteiger partial charge in [-0.2, -0.15) is 0 Å². The van der Waals surface area contributed by atoms with Crippen molar-refractivity contribution in [3.63, 3.8) is 0 Å². The quantitative estimate of drug-likeness (QED) is 0.357. The average Bonchev–Trinajstić information content (AvgIpc) is 3.19. The molecule has 0 amide bonds. The number of nitrogens with one attached hydrogen (secondary N) is 1. The molecule has 1 aliphatic heterocycles. The Hall–Kier alpha value is -1.34. The number of aromatic nitrogens is 2. The predicted molar refractivity (Wildman–Crippen MR) is 127 cm³/mol. The number of unbranched alkanes of at least 4 members (excludes halogenated alkanes) is 1. The number of hydrogen-bond acceptors (Lipinski definition) is 6. The van der Waals surface area contributed by atoms with Crippen LogP contribution in [0.5, 0.6) is 0 Å². The van der Waals surface area contributed by atoms with Gasteiger partial charge in [-0.3, -0.25) is 0 Å². The van der Waals surface area contributed by atoms with Gasteiger partial charge < -0.3 is 10.2 Å². The summed E-state index contributed by atoms with van der Waals surface area (Å²) in [6, 6.07) is 8.83. The topological polar surface area (TPSA) is 41.0 Å². The third kappa shape index (κ3) is 5.23. The van der Waals surface area contributed by atoms with E-state index < -0.39 is 0 Å². The molecule has 2 aromatic heterocycles. The predicted octanol–water partition coefficient (Wildman–Crippen LogP) is 5.65. The fourth-order valence-corrected chi connectivity index (χ4v) is 5.86. The lowest BCUT2D eigenvalue weighted by Crippen LogP contribution is -2.43. The second-order valence-electron chi connectivity index (χ2n) is 7.48. The normalized spacial score (nSPS) is 15.3. The largest absolute Gasteiger partial charge is 0.355 e. The zero-order chi connectivity index (χ0) is 20.1. The Kier molecular flexibility index (Phi) is 7.29. The lowest BCUT2D eigenvalue weighted by atomic mass is 10.0. The van der Waals surface area contributed by atoms with Gasteiger partial charge in [0.25, 0.3) is 0 Å². The van der Waals surface area contributed by atoms with Crippen LogP contribution in [0.15, 0.2) is 40.9 Å². The van der Waals surface area contributed by atoms with Crippen LogP contribution < -0.4 is 10.2 Å². The van der Waals surface area contributed by atoms with Crippen LogP contribution in [-0.4, -0.2) is 41.9 Å². The van der Waals surface area contributed by atoms with E-state index in [0.717, 1.165) is 42.4 Å². The van der Waals surface area contributed by atoms with Crippen molar-refractivity contribution < 1.29 is 0 Å². The molecule has 0 saturated carbocycles. The summed E-state index contributed by atoms with van der Waals surface area (Å²) < 4.78 is 1.23. The summed E-state index contributed by atoms with van der Waals surface area (Å²) in [6.45, 7) is 3.21. The SMILES string of the molecule is CSc1csc2c(N3CCC(NCCCCc4ccc(Cl)cc4)CC3)ncnc12. The Balaban J connectivity index is 1.21. The number of hydrogen-bond donors (Lipinski definition) is 1. The van der Waals surface area contributed by atoms with Gasteiger partial charge in [0.2, 0.25) is 0 Å². The van der Waals surface area contributed by atoms with E-state index in [2.05, 4.69) is 44.0 Å². The van der Waals surface area contributed by atoms with Crippen LogP contribution in [-0.2, 0) is 6.42 Å². The van der Waals surface area contributed by atoms with Gasteiger partial charge in [-0.05, 0) is 62.6 Å². The second-order valence-corrected chi connectivity index (χ2v) is 9.64. The monoisotopic (exact) mass is 446 g/mol. The molecule has 3 heterocycles. The van der Waals surface area contributed by atoms with E-state index in [0.29, 0.717) is 6.04 Å². The van der Waals surface area contributed by atoms with E-state index in [1.54, 1.807) is 29.4 Å². The van der Waals surface area contributed by atoms with Crippen LogP contribution >= 0.6 is 34.7 Å². The molecule has 0 atom stereocenters. The summed E-state index contributed by atoms with van der Waals surface area (Å²) in [5.41, 5.74) is 2.48. The Labute approximate surface area is 186 Å². The number of aryl methyl sites for hydroxylation is 1. The van der Waals surface area contributed by atoms with Crippen LogP contribution in [0, 0.1) is 0 Å². The van der Waals surface area contributed by atoms with Crippen molar-refractivity contribution in [2.24, 2.45) is 0 Å². The number of rotatable bonds is 8. The highest BCUT2D eigenvalue weighted by Crippen LogP contribution is 2.36. The van der Waals surface area contributed by atoms with E-state index in [9.17, 15) is 0 Å². The molecule has 1 aliphatic rings. The molecule has 4 nitrogen and oxygen atoms in total. The van der Waals surface area contributed by atoms with E-state index in [4.69, 9.17) is 11.6 Å². The minimum absolute atomic E-state index is 0.615. The number of thiophene rings is 1. The maximum absolute atomic E-state index is 5.95. The molecule has 0 aliphatic carbocycles. The van der Waals surface area contributed by atoms with Crippen molar-refractivity contribution in [2.45, 2.75) is 43.0 Å². The third-order valence-corrected chi connectivity index (χ3v) is 7.67. The summed E-state index contributed by atoms with van der Waals surface area (Å²) in [4.78, 5) is 12.8. The van der Waals surface area contributed by atoms with Gasteiger partial charge in [-0.25, -0.2) is 9.97 Å². The number of anilines is 1. The smallest absolute Gasteiger partial charge is 0.150 e. The minimum Gasteiger partial charge on any atom is -0.355 e. The molecular formula is C22H27ClN4S2. The minimum atomic E-state index is 0.615. The standard InChI is InChI=1S/C22H27ClN4S2/c1-28-19-14-29-21-20(19)25-15-26-22(21)27-12-9-18(10-13-27)24-11-3-2-4-16-5-7-17(23)8-6-16/h5-8,14-15,18,24H,2-4,9-13H2,1H3. The summed E-state index contributed by atoms with van der Waals surface area (Å²) in [5.74, 6) is 1.11. The molecule has 4 rings (SSSR count). The summed E-state index contributed by atoms with van der Waals surface area (Å²) in [5, 5.41) is 6.77. The van der Waals surface area contributed by atoms with Crippen molar-refractivity contribution in [1.29, 1.82) is 0 Å². The van der Waals surface area contributed by atoms with Gasteiger partial charge in [-0.15, -0.1) is 23.1 Å². The first kappa shape index (κ1) is 20.9. The van der Waals surface area contributed by atoms with Gasteiger partial charge in [0.05, 0.1) is 4.70 Å². The van der Waals surface area contributed by atoms with Gasteiger partial charge in [0, 0.05) is 34.4 Å². The maximum Gasteiger partial charge on any atom is 0.150 e. The number of benzene rings is 1. The van der Waals surface area contributed by atoms with Crippen molar-refractivity contribution in [2.75, 3.05) is 30.8 Å². The third-order valence-electron chi connectivity index (χ3n) is 5.56. The number of piperidine rings is 1. The average molecular weight is 447 g/mol. The van der Waals surface area contributed by atoms with Gasteiger partial charge in [0.1, 0.15) is 17.7 Å². The molecule has 1 fully saturated rings. The molecule has 0 bridgehead atoms. The Morgan fingerprint density at radius 1 is 1.17 bits per heavy atom. The van der Waals surface area contributed by atoms with Crippen LogP contribution in [0.3, 0.4) is 0 Å². The first-order valence-electron chi connectivity index (χ1n) is 10.2. The highest BCUT2D eigenvalue weighted by Gasteiger charge is 2.22. The van der Waals surface area contributed by atoms with Crippen LogP contribution in [0.25, 0.3) is 10.2 Å².